The maximum Gasteiger partial charge on any atom is 0.259 e. The van der Waals surface area contributed by atoms with E-state index in [1.807, 2.05) is 55.5 Å². The quantitative estimate of drug-likeness (QED) is 0.641. The summed E-state index contributed by atoms with van der Waals surface area (Å²) < 4.78 is 10.1. The largest absolute Gasteiger partial charge is 0.497 e. The van der Waals surface area contributed by atoms with Gasteiger partial charge in [-0.1, -0.05) is 12.1 Å². The summed E-state index contributed by atoms with van der Waals surface area (Å²) in [6.45, 7) is 1.82. The van der Waals surface area contributed by atoms with E-state index >= 15 is 0 Å². The first-order chi connectivity index (χ1) is 12.6. The number of nitrogens with one attached hydrogen (secondary N) is 2. The number of aryl methyl sites for hydroxylation is 2. The summed E-state index contributed by atoms with van der Waals surface area (Å²) in [5.74, 6) is 0.633. The van der Waals surface area contributed by atoms with Crippen molar-refractivity contribution in [3.8, 4) is 5.75 Å². The molecule has 1 amide bonds. The molecule has 0 aliphatic heterocycles. The fraction of sp³-hybridized carbons (Fsp3) is 0.158. The van der Waals surface area contributed by atoms with Crippen LogP contribution in [0.1, 0.15) is 16.1 Å². The minimum atomic E-state index is -0.181. The second-order valence-electron chi connectivity index (χ2n) is 5.68. The molecule has 0 atom stereocenters. The van der Waals surface area contributed by atoms with E-state index in [-0.39, 0.29) is 5.91 Å². The van der Waals surface area contributed by atoms with Crippen molar-refractivity contribution in [2.45, 2.75) is 11.8 Å². The van der Waals surface area contributed by atoms with E-state index in [9.17, 15) is 4.79 Å². The third-order valence-corrected chi connectivity index (χ3v) is 4.60. The Kier molecular flexibility index (Phi) is 5.48. The molecular formula is C19H20N4O2S. The van der Waals surface area contributed by atoms with Crippen molar-refractivity contribution in [1.29, 1.82) is 0 Å². The second kappa shape index (κ2) is 7.97. The lowest BCUT2D eigenvalue weighted by molar-refractivity contribution is 0.102. The van der Waals surface area contributed by atoms with E-state index in [2.05, 4.69) is 15.1 Å². The Bertz CT molecular complexity index is 906. The molecule has 1 heterocycles. The molecule has 0 aliphatic rings. The van der Waals surface area contributed by atoms with Crippen LogP contribution in [0.4, 0.5) is 11.4 Å². The molecule has 26 heavy (non-hydrogen) atoms. The number of aromatic nitrogens is 2. The number of carbonyl (C=O) groups is 1. The number of carbonyl (C=O) groups excluding carboxylic acids is 1. The highest BCUT2D eigenvalue weighted by Gasteiger charge is 2.14. The van der Waals surface area contributed by atoms with Crippen LogP contribution in [0.15, 0.2) is 59.6 Å². The number of anilines is 2. The standard InChI is InChI=1S/C19H20N4O2S/c1-13-16(12-23(2)21-13)19(24)20-17-6-4-5-7-18(17)22-26-15-10-8-14(25-3)9-11-15/h4-12,22H,1-3H3,(H,20,24). The fourth-order valence-electron chi connectivity index (χ4n) is 2.45. The summed E-state index contributed by atoms with van der Waals surface area (Å²) >= 11 is 1.46. The number of amides is 1. The maximum absolute atomic E-state index is 12.5. The van der Waals surface area contributed by atoms with E-state index in [1.165, 1.54) is 11.9 Å². The zero-order chi connectivity index (χ0) is 18.5. The highest BCUT2D eigenvalue weighted by molar-refractivity contribution is 8.00. The molecule has 3 aromatic rings. The minimum Gasteiger partial charge on any atom is -0.497 e. The average Bonchev–Trinajstić information content (AvgIpc) is 2.99. The molecule has 7 heteroatoms. The van der Waals surface area contributed by atoms with Crippen LogP contribution in [-0.4, -0.2) is 22.8 Å². The molecule has 0 unspecified atom stereocenters. The van der Waals surface area contributed by atoms with Gasteiger partial charge in [0, 0.05) is 18.1 Å². The van der Waals surface area contributed by atoms with Gasteiger partial charge in [-0.3, -0.25) is 9.48 Å². The Morgan fingerprint density at radius 3 is 2.42 bits per heavy atom. The van der Waals surface area contributed by atoms with Gasteiger partial charge in [-0.05, 0) is 55.3 Å². The van der Waals surface area contributed by atoms with Gasteiger partial charge in [-0.15, -0.1) is 0 Å². The summed E-state index contributed by atoms with van der Waals surface area (Å²) in [5, 5.41) is 7.16. The molecule has 2 N–H and O–H groups in total. The third kappa shape index (κ3) is 4.18. The molecule has 0 aliphatic carbocycles. The first kappa shape index (κ1) is 17.9. The summed E-state index contributed by atoms with van der Waals surface area (Å²) in [6.07, 6.45) is 1.72. The van der Waals surface area contributed by atoms with Crippen LogP contribution >= 0.6 is 11.9 Å². The van der Waals surface area contributed by atoms with Crippen molar-refractivity contribution in [2.24, 2.45) is 7.05 Å². The molecule has 0 spiro atoms. The van der Waals surface area contributed by atoms with Gasteiger partial charge in [0.1, 0.15) is 5.75 Å². The lowest BCUT2D eigenvalue weighted by Gasteiger charge is -2.12. The first-order valence-corrected chi connectivity index (χ1v) is 8.86. The zero-order valence-electron chi connectivity index (χ0n) is 14.8. The highest BCUT2D eigenvalue weighted by atomic mass is 32.2. The predicted octanol–water partition coefficient (Wildman–Crippen LogP) is 4.11. The second-order valence-corrected chi connectivity index (χ2v) is 6.56. The Hall–Kier alpha value is -2.93. The monoisotopic (exact) mass is 368 g/mol. The molecule has 1 aromatic heterocycles. The van der Waals surface area contributed by atoms with Crippen LogP contribution in [0.2, 0.25) is 0 Å². The van der Waals surface area contributed by atoms with Crippen LogP contribution in [0, 0.1) is 6.92 Å². The van der Waals surface area contributed by atoms with Crippen LogP contribution in [-0.2, 0) is 7.05 Å². The number of benzene rings is 2. The van der Waals surface area contributed by atoms with Crippen LogP contribution < -0.4 is 14.8 Å². The minimum absolute atomic E-state index is 0.181. The average molecular weight is 368 g/mol. The Labute approximate surface area is 156 Å². The van der Waals surface area contributed by atoms with Crippen molar-refractivity contribution in [3.63, 3.8) is 0 Å². The molecule has 0 fully saturated rings. The Balaban J connectivity index is 1.71. The van der Waals surface area contributed by atoms with E-state index in [0.717, 1.165) is 16.3 Å². The van der Waals surface area contributed by atoms with Crippen molar-refractivity contribution in [2.75, 3.05) is 17.1 Å². The molecule has 6 nitrogen and oxygen atoms in total. The number of para-hydroxylation sites is 2. The Morgan fingerprint density at radius 1 is 1.12 bits per heavy atom. The van der Waals surface area contributed by atoms with E-state index in [1.54, 1.807) is 25.0 Å². The molecule has 2 aromatic carbocycles. The molecule has 134 valence electrons. The molecule has 0 saturated heterocycles. The van der Waals surface area contributed by atoms with Gasteiger partial charge in [0.25, 0.3) is 5.91 Å². The molecule has 0 radical (unpaired) electrons. The van der Waals surface area contributed by atoms with Crippen LogP contribution in [0.5, 0.6) is 5.75 Å². The normalized spacial score (nSPS) is 10.4. The molecule has 0 saturated carbocycles. The Morgan fingerprint density at radius 2 is 1.81 bits per heavy atom. The van der Waals surface area contributed by atoms with Crippen LogP contribution in [0.25, 0.3) is 0 Å². The van der Waals surface area contributed by atoms with Crippen molar-refractivity contribution in [1.82, 2.24) is 9.78 Å². The fourth-order valence-corrected chi connectivity index (χ4v) is 3.13. The zero-order valence-corrected chi connectivity index (χ0v) is 15.6. The lowest BCUT2D eigenvalue weighted by atomic mass is 10.2. The van der Waals surface area contributed by atoms with Gasteiger partial charge >= 0.3 is 0 Å². The number of nitrogens with zero attached hydrogens (tertiary/aromatic N) is 2. The van der Waals surface area contributed by atoms with Gasteiger partial charge in [0.15, 0.2) is 0 Å². The van der Waals surface area contributed by atoms with Gasteiger partial charge in [0.05, 0.1) is 29.7 Å². The lowest BCUT2D eigenvalue weighted by Crippen LogP contribution is -2.13. The number of ether oxygens (including phenoxy) is 1. The SMILES string of the molecule is COc1ccc(SNc2ccccc2NC(=O)c2cn(C)nc2C)cc1. The smallest absolute Gasteiger partial charge is 0.259 e. The number of methoxy groups -OCH3 is 1. The van der Waals surface area contributed by atoms with Crippen molar-refractivity contribution >= 4 is 29.2 Å². The summed E-state index contributed by atoms with van der Waals surface area (Å²) in [6, 6.07) is 15.3. The number of hydrogen-bond acceptors (Lipinski definition) is 5. The van der Waals surface area contributed by atoms with Gasteiger partial charge in [-0.25, -0.2) is 0 Å². The van der Waals surface area contributed by atoms with E-state index in [0.29, 0.717) is 16.9 Å². The predicted molar refractivity (Wildman–Crippen MR) is 105 cm³/mol. The third-order valence-electron chi connectivity index (χ3n) is 3.77. The van der Waals surface area contributed by atoms with Crippen molar-refractivity contribution < 1.29 is 9.53 Å². The number of hydrogen-bond donors (Lipinski definition) is 2. The summed E-state index contributed by atoms with van der Waals surface area (Å²) in [7, 11) is 3.44. The van der Waals surface area contributed by atoms with Gasteiger partial charge < -0.3 is 14.8 Å². The highest BCUT2D eigenvalue weighted by Crippen LogP contribution is 2.28. The topological polar surface area (TPSA) is 68.2 Å². The molecule has 3 rings (SSSR count). The number of rotatable bonds is 6. The summed E-state index contributed by atoms with van der Waals surface area (Å²) in [4.78, 5) is 13.6. The van der Waals surface area contributed by atoms with E-state index < -0.39 is 0 Å². The molecule has 0 bridgehead atoms. The van der Waals surface area contributed by atoms with Crippen molar-refractivity contribution in [3.05, 3.63) is 66.0 Å². The van der Waals surface area contributed by atoms with Gasteiger partial charge in [-0.2, -0.15) is 5.10 Å². The van der Waals surface area contributed by atoms with Crippen LogP contribution in [0.3, 0.4) is 0 Å². The maximum atomic E-state index is 12.5. The van der Waals surface area contributed by atoms with E-state index in [4.69, 9.17) is 4.74 Å². The molecular weight excluding hydrogens is 348 g/mol. The first-order valence-electron chi connectivity index (χ1n) is 8.04. The van der Waals surface area contributed by atoms with Gasteiger partial charge in [0.2, 0.25) is 0 Å². The summed E-state index contributed by atoms with van der Waals surface area (Å²) in [5.41, 5.74) is 2.79.